The summed E-state index contributed by atoms with van der Waals surface area (Å²) >= 11 is 6.11. The standard InChI is InChI=1S/C33H33ClN2O3/c1-39-30-19-14-26(15-20-30)22-23-35-33(38)32(28-10-6-3-7-11-28)36(24-27-12-17-29(34)18-13-27)31(37)21-16-25-8-4-2-5-9-25/h2-15,17-20,32H,16,21-24H2,1H3,(H,35,38)/t32-/m1/s1. The van der Waals surface area contributed by atoms with Gasteiger partial charge in [0.2, 0.25) is 11.8 Å². The first kappa shape index (κ1) is 27.9. The van der Waals surface area contributed by atoms with Gasteiger partial charge in [-0.25, -0.2) is 0 Å². The summed E-state index contributed by atoms with van der Waals surface area (Å²) in [5.41, 5.74) is 3.84. The molecule has 4 rings (SSSR count). The maximum Gasteiger partial charge on any atom is 0.247 e. The van der Waals surface area contributed by atoms with Gasteiger partial charge >= 0.3 is 0 Å². The first-order valence-electron chi connectivity index (χ1n) is 13.1. The number of methoxy groups -OCH3 is 1. The van der Waals surface area contributed by atoms with Crippen LogP contribution in [0.2, 0.25) is 5.02 Å². The molecule has 4 aromatic rings. The van der Waals surface area contributed by atoms with E-state index >= 15 is 0 Å². The first-order chi connectivity index (χ1) is 19.0. The summed E-state index contributed by atoms with van der Waals surface area (Å²) < 4.78 is 5.23. The molecule has 5 nitrogen and oxygen atoms in total. The lowest BCUT2D eigenvalue weighted by atomic mass is 10.0. The Morgan fingerprint density at radius 3 is 2.00 bits per heavy atom. The Morgan fingerprint density at radius 1 is 0.769 bits per heavy atom. The Bertz CT molecular complexity index is 1330. The highest BCUT2D eigenvalue weighted by Crippen LogP contribution is 2.26. The van der Waals surface area contributed by atoms with Crippen molar-refractivity contribution in [1.29, 1.82) is 0 Å². The van der Waals surface area contributed by atoms with Crippen molar-refractivity contribution in [1.82, 2.24) is 10.2 Å². The van der Waals surface area contributed by atoms with Gasteiger partial charge in [-0.15, -0.1) is 0 Å². The molecular formula is C33H33ClN2O3. The van der Waals surface area contributed by atoms with Gasteiger partial charge in [-0.1, -0.05) is 96.5 Å². The highest BCUT2D eigenvalue weighted by Gasteiger charge is 2.31. The van der Waals surface area contributed by atoms with Gasteiger partial charge in [0.15, 0.2) is 0 Å². The van der Waals surface area contributed by atoms with E-state index in [2.05, 4.69) is 5.32 Å². The van der Waals surface area contributed by atoms with Gasteiger partial charge in [-0.2, -0.15) is 0 Å². The van der Waals surface area contributed by atoms with E-state index < -0.39 is 6.04 Å². The number of aryl methyl sites for hydroxylation is 1. The van der Waals surface area contributed by atoms with Gasteiger partial charge in [0.25, 0.3) is 0 Å². The Morgan fingerprint density at radius 2 is 1.36 bits per heavy atom. The minimum Gasteiger partial charge on any atom is -0.497 e. The van der Waals surface area contributed by atoms with Crippen LogP contribution in [0.1, 0.15) is 34.7 Å². The fraction of sp³-hybridized carbons (Fsp3) is 0.212. The molecular weight excluding hydrogens is 508 g/mol. The average Bonchev–Trinajstić information content (AvgIpc) is 2.98. The summed E-state index contributed by atoms with van der Waals surface area (Å²) in [5.74, 6) is 0.489. The number of halogens is 1. The molecule has 39 heavy (non-hydrogen) atoms. The summed E-state index contributed by atoms with van der Waals surface area (Å²) in [4.78, 5) is 29.2. The maximum atomic E-state index is 13.8. The number of nitrogens with one attached hydrogen (secondary N) is 1. The van der Waals surface area contributed by atoms with Crippen molar-refractivity contribution in [2.24, 2.45) is 0 Å². The normalized spacial score (nSPS) is 11.4. The second kappa shape index (κ2) is 14.2. The minimum absolute atomic E-state index is 0.0899. The lowest BCUT2D eigenvalue weighted by Crippen LogP contribution is -2.44. The maximum absolute atomic E-state index is 13.8. The molecule has 0 aliphatic heterocycles. The van der Waals surface area contributed by atoms with Crippen molar-refractivity contribution in [3.8, 4) is 5.75 Å². The Hall–Kier alpha value is -4.09. The van der Waals surface area contributed by atoms with Crippen LogP contribution in [-0.4, -0.2) is 30.4 Å². The lowest BCUT2D eigenvalue weighted by Gasteiger charge is -2.32. The SMILES string of the molecule is COc1ccc(CCNC(=O)[C@@H](c2ccccc2)N(Cc2ccc(Cl)cc2)C(=O)CCc2ccccc2)cc1. The monoisotopic (exact) mass is 540 g/mol. The van der Waals surface area contributed by atoms with Gasteiger partial charge in [-0.05, 0) is 59.4 Å². The summed E-state index contributed by atoms with van der Waals surface area (Å²) in [6, 6.07) is 33.8. The predicted octanol–water partition coefficient (Wildman–Crippen LogP) is 6.41. The molecule has 0 aromatic heterocycles. The molecule has 0 fully saturated rings. The zero-order chi connectivity index (χ0) is 27.5. The van der Waals surface area contributed by atoms with E-state index in [1.807, 2.05) is 97.1 Å². The average molecular weight is 541 g/mol. The van der Waals surface area contributed by atoms with E-state index in [0.717, 1.165) is 28.0 Å². The van der Waals surface area contributed by atoms with Crippen LogP contribution in [0.3, 0.4) is 0 Å². The number of ether oxygens (including phenoxy) is 1. The van der Waals surface area contributed by atoms with Crippen LogP contribution in [0.5, 0.6) is 5.75 Å². The number of hydrogen-bond donors (Lipinski definition) is 1. The summed E-state index contributed by atoms with van der Waals surface area (Å²) in [6.07, 6.45) is 1.55. The third-order valence-corrected chi connectivity index (χ3v) is 6.86. The molecule has 1 N–H and O–H groups in total. The summed E-state index contributed by atoms with van der Waals surface area (Å²) in [7, 11) is 1.63. The van der Waals surface area contributed by atoms with Crippen LogP contribution in [0, 0.1) is 0 Å². The molecule has 0 spiro atoms. The number of rotatable bonds is 12. The van der Waals surface area contributed by atoms with E-state index in [0.29, 0.717) is 30.8 Å². The quantitative estimate of drug-likeness (QED) is 0.226. The predicted molar refractivity (Wildman–Crippen MR) is 156 cm³/mol. The third-order valence-electron chi connectivity index (χ3n) is 6.60. The number of benzene rings is 4. The number of carbonyl (C=O) groups excluding carboxylic acids is 2. The highest BCUT2D eigenvalue weighted by atomic mass is 35.5. The topological polar surface area (TPSA) is 58.6 Å². The molecule has 0 saturated heterocycles. The Kier molecular flexibility index (Phi) is 10.1. The molecule has 0 aliphatic rings. The van der Waals surface area contributed by atoms with Crippen molar-refractivity contribution < 1.29 is 14.3 Å². The van der Waals surface area contributed by atoms with E-state index in [1.54, 1.807) is 24.1 Å². The lowest BCUT2D eigenvalue weighted by molar-refractivity contribution is -0.141. The number of amides is 2. The van der Waals surface area contributed by atoms with Crippen LogP contribution in [0.25, 0.3) is 0 Å². The fourth-order valence-corrected chi connectivity index (χ4v) is 4.60. The van der Waals surface area contributed by atoms with Gasteiger partial charge in [0.05, 0.1) is 7.11 Å². The molecule has 6 heteroatoms. The molecule has 200 valence electrons. The summed E-state index contributed by atoms with van der Waals surface area (Å²) in [6.45, 7) is 0.734. The van der Waals surface area contributed by atoms with Gasteiger partial charge in [0.1, 0.15) is 11.8 Å². The smallest absolute Gasteiger partial charge is 0.247 e. The van der Waals surface area contributed by atoms with Crippen LogP contribution >= 0.6 is 11.6 Å². The molecule has 1 atom stereocenters. The van der Waals surface area contributed by atoms with Gasteiger partial charge in [-0.3, -0.25) is 9.59 Å². The van der Waals surface area contributed by atoms with E-state index in [1.165, 1.54) is 0 Å². The van der Waals surface area contributed by atoms with Crippen molar-refractivity contribution in [2.75, 3.05) is 13.7 Å². The minimum atomic E-state index is -0.777. The molecule has 2 amide bonds. The zero-order valence-electron chi connectivity index (χ0n) is 22.1. The molecule has 0 heterocycles. The summed E-state index contributed by atoms with van der Waals surface area (Å²) in [5, 5.41) is 3.70. The van der Waals surface area contributed by atoms with Crippen molar-refractivity contribution in [3.05, 3.63) is 136 Å². The second-order valence-corrected chi connectivity index (χ2v) is 9.77. The number of hydrogen-bond acceptors (Lipinski definition) is 3. The zero-order valence-corrected chi connectivity index (χ0v) is 22.8. The van der Waals surface area contributed by atoms with Crippen LogP contribution in [-0.2, 0) is 29.0 Å². The van der Waals surface area contributed by atoms with Crippen molar-refractivity contribution >= 4 is 23.4 Å². The van der Waals surface area contributed by atoms with E-state index in [9.17, 15) is 9.59 Å². The molecule has 0 aliphatic carbocycles. The van der Waals surface area contributed by atoms with Crippen molar-refractivity contribution in [2.45, 2.75) is 31.8 Å². The Labute approximate surface area is 235 Å². The van der Waals surface area contributed by atoms with Crippen molar-refractivity contribution in [3.63, 3.8) is 0 Å². The van der Waals surface area contributed by atoms with Gasteiger partial charge in [0, 0.05) is 24.5 Å². The third kappa shape index (κ3) is 8.20. The highest BCUT2D eigenvalue weighted by molar-refractivity contribution is 6.30. The number of nitrogens with zero attached hydrogens (tertiary/aromatic N) is 1. The molecule has 0 saturated carbocycles. The molecule has 4 aromatic carbocycles. The molecule has 0 bridgehead atoms. The van der Waals surface area contributed by atoms with Crippen LogP contribution < -0.4 is 10.1 Å². The van der Waals surface area contributed by atoms with E-state index in [4.69, 9.17) is 16.3 Å². The fourth-order valence-electron chi connectivity index (χ4n) is 4.48. The van der Waals surface area contributed by atoms with Crippen LogP contribution in [0.15, 0.2) is 109 Å². The Balaban J connectivity index is 1.56. The largest absolute Gasteiger partial charge is 0.497 e. The second-order valence-electron chi connectivity index (χ2n) is 9.34. The molecule has 0 unspecified atom stereocenters. The van der Waals surface area contributed by atoms with Crippen LogP contribution in [0.4, 0.5) is 0 Å². The van der Waals surface area contributed by atoms with Gasteiger partial charge < -0.3 is 15.0 Å². The molecule has 0 radical (unpaired) electrons. The van der Waals surface area contributed by atoms with E-state index in [-0.39, 0.29) is 18.4 Å². The number of carbonyl (C=O) groups is 2. The first-order valence-corrected chi connectivity index (χ1v) is 13.4.